The van der Waals surface area contributed by atoms with E-state index in [2.05, 4.69) is 10.1 Å². The van der Waals surface area contributed by atoms with Gasteiger partial charge in [0.15, 0.2) is 5.76 Å². The quantitative estimate of drug-likeness (QED) is 0.449. The Balaban J connectivity index is 1.97. The predicted molar refractivity (Wildman–Crippen MR) is 90.9 cm³/mol. The molecule has 24 heavy (non-hydrogen) atoms. The highest BCUT2D eigenvalue weighted by Crippen LogP contribution is 2.25. The van der Waals surface area contributed by atoms with E-state index >= 15 is 0 Å². The van der Waals surface area contributed by atoms with Crippen molar-refractivity contribution in [1.82, 2.24) is 4.98 Å². The molecule has 5 heteroatoms. The molecule has 0 saturated heterocycles. The van der Waals surface area contributed by atoms with Crippen molar-refractivity contribution < 1.29 is 14.4 Å². The van der Waals surface area contributed by atoms with Crippen molar-refractivity contribution in [2.75, 3.05) is 7.11 Å². The first-order valence-corrected chi connectivity index (χ1v) is 7.43. The zero-order valence-electron chi connectivity index (χ0n) is 12.9. The highest BCUT2D eigenvalue weighted by molar-refractivity contribution is 5.85. The second kappa shape index (κ2) is 5.70. The second-order valence-electron chi connectivity index (χ2n) is 5.37. The molecule has 5 nitrogen and oxygen atoms in total. The first kappa shape index (κ1) is 14.3. The van der Waals surface area contributed by atoms with Crippen LogP contribution in [-0.4, -0.2) is 17.3 Å². The summed E-state index contributed by atoms with van der Waals surface area (Å²) in [5.74, 6) is 1.19. The zero-order chi connectivity index (χ0) is 16.5. The monoisotopic (exact) mass is 318 g/mol. The van der Waals surface area contributed by atoms with Gasteiger partial charge in [0, 0.05) is 29.1 Å². The van der Waals surface area contributed by atoms with Gasteiger partial charge in [-0.05, 0) is 23.6 Å². The molecule has 0 saturated carbocycles. The molecule has 0 bridgehead atoms. The molecule has 4 aromatic rings. The predicted octanol–water partition coefficient (Wildman–Crippen LogP) is 3.95. The van der Waals surface area contributed by atoms with E-state index in [1.54, 1.807) is 37.6 Å². The van der Waals surface area contributed by atoms with Gasteiger partial charge in [-0.3, -0.25) is 4.98 Å². The van der Waals surface area contributed by atoms with Gasteiger partial charge in [0.1, 0.15) is 22.4 Å². The minimum Gasteiger partial charge on any atom is -0.497 e. The molecule has 0 fully saturated rings. The molecule has 2 heterocycles. The third kappa shape index (κ3) is 2.36. The Labute approximate surface area is 137 Å². The van der Waals surface area contributed by atoms with E-state index in [9.17, 15) is 5.21 Å². The van der Waals surface area contributed by atoms with Crippen molar-refractivity contribution in [2.24, 2.45) is 5.16 Å². The van der Waals surface area contributed by atoms with Gasteiger partial charge in [0.2, 0.25) is 0 Å². The summed E-state index contributed by atoms with van der Waals surface area (Å²) in [5.41, 5.74) is 1.23. The highest BCUT2D eigenvalue weighted by atomic mass is 16.5. The summed E-state index contributed by atoms with van der Waals surface area (Å²) in [5, 5.41) is 15.9. The number of aromatic nitrogens is 1. The van der Waals surface area contributed by atoms with Crippen molar-refractivity contribution in [3.63, 3.8) is 0 Å². The smallest absolute Gasteiger partial charge is 0.155 e. The van der Waals surface area contributed by atoms with Crippen molar-refractivity contribution in [3.05, 3.63) is 66.2 Å². The highest BCUT2D eigenvalue weighted by Gasteiger charge is 2.09. The van der Waals surface area contributed by atoms with Gasteiger partial charge in [-0.1, -0.05) is 29.4 Å². The Kier molecular flexibility index (Phi) is 3.39. The zero-order valence-corrected chi connectivity index (χ0v) is 12.9. The van der Waals surface area contributed by atoms with E-state index < -0.39 is 0 Å². The maximum absolute atomic E-state index is 9.34. The molecule has 4 rings (SSSR count). The van der Waals surface area contributed by atoms with Gasteiger partial charge in [-0.25, -0.2) is 0 Å². The minimum absolute atomic E-state index is 0.420. The number of nitrogens with zero attached hydrogens (tertiary/aromatic N) is 2. The second-order valence-corrected chi connectivity index (χ2v) is 5.37. The first-order chi connectivity index (χ1) is 11.8. The third-order valence-electron chi connectivity index (χ3n) is 3.94. The molecule has 2 aromatic heterocycles. The number of hydrogen-bond acceptors (Lipinski definition) is 5. The first-order valence-electron chi connectivity index (χ1n) is 7.43. The maximum atomic E-state index is 9.34. The van der Waals surface area contributed by atoms with Gasteiger partial charge < -0.3 is 14.4 Å². The van der Waals surface area contributed by atoms with Gasteiger partial charge in [-0.2, -0.15) is 0 Å². The standard InChI is InChI=1S/C19H14N2O3/c1-23-14-6-7-15-16(21-22)10-19(24-18(15)9-14)17-8-12-4-2-3-5-13(12)11-20-17/h2-11,22H,1H3/b21-16+. The number of methoxy groups -OCH3 is 1. The molecule has 0 aliphatic carbocycles. The van der Waals surface area contributed by atoms with Crippen LogP contribution in [0.15, 0.2) is 70.4 Å². The van der Waals surface area contributed by atoms with Crippen LogP contribution in [0, 0.1) is 0 Å². The van der Waals surface area contributed by atoms with Crippen LogP contribution in [0.3, 0.4) is 0 Å². The summed E-state index contributed by atoms with van der Waals surface area (Å²) in [6.45, 7) is 0. The summed E-state index contributed by atoms with van der Waals surface area (Å²) >= 11 is 0. The SMILES string of the molecule is COc1ccc2/c(=N/O)cc(-c3cc4ccccc4cn3)oc2c1. The van der Waals surface area contributed by atoms with E-state index in [4.69, 9.17) is 9.15 Å². The molecule has 2 aromatic carbocycles. The molecule has 0 unspecified atom stereocenters. The lowest BCUT2D eigenvalue weighted by Gasteiger charge is -2.06. The molecule has 0 spiro atoms. The maximum Gasteiger partial charge on any atom is 0.155 e. The van der Waals surface area contributed by atoms with E-state index in [1.165, 1.54) is 0 Å². The van der Waals surface area contributed by atoms with Crippen molar-refractivity contribution in [2.45, 2.75) is 0 Å². The third-order valence-corrected chi connectivity index (χ3v) is 3.94. The van der Waals surface area contributed by atoms with E-state index in [0.29, 0.717) is 33.5 Å². The van der Waals surface area contributed by atoms with Crippen LogP contribution in [0.2, 0.25) is 0 Å². The van der Waals surface area contributed by atoms with Crippen LogP contribution >= 0.6 is 0 Å². The lowest BCUT2D eigenvalue weighted by Crippen LogP contribution is -2.03. The van der Waals surface area contributed by atoms with Crippen LogP contribution in [0.1, 0.15) is 0 Å². The van der Waals surface area contributed by atoms with Crippen molar-refractivity contribution in [1.29, 1.82) is 0 Å². The Hall–Kier alpha value is -3.34. The number of benzene rings is 2. The summed E-state index contributed by atoms with van der Waals surface area (Å²) in [4.78, 5) is 4.45. The number of hydrogen-bond donors (Lipinski definition) is 1. The normalized spacial score (nSPS) is 12.0. The molecule has 0 radical (unpaired) electrons. The van der Waals surface area contributed by atoms with Crippen LogP contribution in [-0.2, 0) is 0 Å². The molecule has 0 amide bonds. The fourth-order valence-electron chi connectivity index (χ4n) is 2.70. The van der Waals surface area contributed by atoms with Crippen LogP contribution in [0.4, 0.5) is 0 Å². The van der Waals surface area contributed by atoms with Gasteiger partial charge >= 0.3 is 0 Å². The van der Waals surface area contributed by atoms with Gasteiger partial charge in [-0.15, -0.1) is 0 Å². The van der Waals surface area contributed by atoms with E-state index in [1.807, 2.05) is 30.3 Å². The van der Waals surface area contributed by atoms with Gasteiger partial charge in [0.25, 0.3) is 0 Å². The molecule has 1 N–H and O–H groups in total. The molecule has 0 aliphatic rings. The fraction of sp³-hybridized carbons (Fsp3) is 0.0526. The molecule has 118 valence electrons. The Morgan fingerprint density at radius 1 is 1.04 bits per heavy atom. The number of fused-ring (bicyclic) bond motifs is 2. The molecule has 0 aliphatic heterocycles. The van der Waals surface area contributed by atoms with Crippen LogP contribution in [0.25, 0.3) is 33.2 Å². The lowest BCUT2D eigenvalue weighted by molar-refractivity contribution is 0.302. The summed E-state index contributed by atoms with van der Waals surface area (Å²) in [7, 11) is 1.59. The fourth-order valence-corrected chi connectivity index (χ4v) is 2.70. The average Bonchev–Trinajstić information content (AvgIpc) is 2.66. The minimum atomic E-state index is 0.420. The van der Waals surface area contributed by atoms with Crippen LogP contribution < -0.4 is 10.1 Å². The number of rotatable bonds is 2. The van der Waals surface area contributed by atoms with E-state index in [-0.39, 0.29) is 0 Å². The number of ether oxygens (including phenoxy) is 1. The summed E-state index contributed by atoms with van der Waals surface area (Å²) < 4.78 is 11.2. The molecular formula is C19H14N2O3. The Bertz CT molecular complexity index is 1120. The summed E-state index contributed by atoms with van der Waals surface area (Å²) in [6.07, 6.45) is 1.80. The molecular weight excluding hydrogens is 304 g/mol. The van der Waals surface area contributed by atoms with Gasteiger partial charge in [0.05, 0.1) is 7.11 Å². The Morgan fingerprint density at radius 2 is 1.88 bits per heavy atom. The van der Waals surface area contributed by atoms with Crippen LogP contribution in [0.5, 0.6) is 5.75 Å². The summed E-state index contributed by atoms with van der Waals surface area (Å²) in [6, 6.07) is 16.9. The van der Waals surface area contributed by atoms with Crippen molar-refractivity contribution in [3.8, 4) is 17.2 Å². The van der Waals surface area contributed by atoms with Crippen molar-refractivity contribution >= 4 is 21.7 Å². The topological polar surface area (TPSA) is 67.8 Å². The average molecular weight is 318 g/mol. The number of pyridine rings is 1. The van der Waals surface area contributed by atoms with E-state index in [0.717, 1.165) is 10.8 Å². The molecule has 0 atom stereocenters. The lowest BCUT2D eigenvalue weighted by atomic mass is 10.1. The largest absolute Gasteiger partial charge is 0.497 e. The Morgan fingerprint density at radius 3 is 2.67 bits per heavy atom.